The molecule has 2 aliphatic heterocycles. The van der Waals surface area contributed by atoms with Crippen LogP contribution in [0.4, 0.5) is 5.69 Å². The van der Waals surface area contributed by atoms with Gasteiger partial charge >= 0.3 is 0 Å². The van der Waals surface area contributed by atoms with Crippen LogP contribution in [0.3, 0.4) is 0 Å². The Labute approximate surface area is 112 Å². The summed E-state index contributed by atoms with van der Waals surface area (Å²) in [5, 5.41) is 0. The van der Waals surface area contributed by atoms with Crippen LogP contribution in [-0.4, -0.2) is 36.7 Å². The number of hydrogen-bond donors (Lipinski definition) is 0. The van der Waals surface area contributed by atoms with Gasteiger partial charge < -0.3 is 9.64 Å². The van der Waals surface area contributed by atoms with E-state index in [1.807, 2.05) is 30.2 Å². The molecule has 1 unspecified atom stereocenters. The van der Waals surface area contributed by atoms with Crippen molar-refractivity contribution < 1.29 is 9.53 Å². The number of fused-ring (bicyclic) bond motifs is 2. The minimum absolute atomic E-state index is 0.0354. The molecule has 1 amide bonds. The second-order valence-corrected chi connectivity index (χ2v) is 4.81. The SMILES string of the molecule is CC=C1CC2C=Nc3ccc(OC)cc3C(=O)N2C1. The van der Waals surface area contributed by atoms with E-state index in [9.17, 15) is 4.79 Å². The van der Waals surface area contributed by atoms with Crippen molar-refractivity contribution in [3.05, 3.63) is 35.4 Å². The van der Waals surface area contributed by atoms with Crippen LogP contribution in [0.25, 0.3) is 0 Å². The summed E-state index contributed by atoms with van der Waals surface area (Å²) in [5.41, 5.74) is 2.63. The molecule has 1 atom stereocenters. The van der Waals surface area contributed by atoms with Crippen molar-refractivity contribution in [2.24, 2.45) is 4.99 Å². The van der Waals surface area contributed by atoms with Crippen molar-refractivity contribution in [3.8, 4) is 5.75 Å². The van der Waals surface area contributed by atoms with Crippen LogP contribution in [0.5, 0.6) is 5.75 Å². The fourth-order valence-electron chi connectivity index (χ4n) is 2.59. The zero-order valence-corrected chi connectivity index (χ0v) is 11.1. The normalized spacial score (nSPS) is 23.3. The Bertz CT molecular complexity index is 590. The van der Waals surface area contributed by atoms with E-state index in [1.165, 1.54) is 5.57 Å². The van der Waals surface area contributed by atoms with Crippen LogP contribution in [0.1, 0.15) is 23.7 Å². The molecule has 19 heavy (non-hydrogen) atoms. The number of allylic oxidation sites excluding steroid dienone is 1. The molecule has 1 aromatic rings. The van der Waals surface area contributed by atoms with E-state index in [0.29, 0.717) is 17.9 Å². The van der Waals surface area contributed by atoms with Gasteiger partial charge in [0.1, 0.15) is 5.75 Å². The molecule has 0 saturated carbocycles. The lowest BCUT2D eigenvalue weighted by molar-refractivity contribution is 0.0777. The third kappa shape index (κ3) is 1.93. The lowest BCUT2D eigenvalue weighted by Gasteiger charge is -2.19. The summed E-state index contributed by atoms with van der Waals surface area (Å²) >= 11 is 0. The van der Waals surface area contributed by atoms with Crippen molar-refractivity contribution in [1.29, 1.82) is 0 Å². The summed E-state index contributed by atoms with van der Waals surface area (Å²) in [6, 6.07) is 5.51. The summed E-state index contributed by atoms with van der Waals surface area (Å²) in [6.45, 7) is 2.71. The molecule has 1 fully saturated rings. The Morgan fingerprint density at radius 3 is 3.05 bits per heavy atom. The molecule has 0 N–H and O–H groups in total. The Balaban J connectivity index is 2.04. The first kappa shape index (κ1) is 12.0. The van der Waals surface area contributed by atoms with Gasteiger partial charge in [-0.15, -0.1) is 0 Å². The van der Waals surface area contributed by atoms with Crippen molar-refractivity contribution in [1.82, 2.24) is 4.90 Å². The molecule has 0 bridgehead atoms. The molecule has 0 aromatic heterocycles. The number of aliphatic imine (C=N–C) groups is 1. The molecule has 0 radical (unpaired) electrons. The number of nitrogens with zero attached hydrogens (tertiary/aromatic N) is 2. The van der Waals surface area contributed by atoms with E-state index in [4.69, 9.17) is 4.74 Å². The van der Waals surface area contributed by atoms with Crippen molar-refractivity contribution in [2.45, 2.75) is 19.4 Å². The largest absolute Gasteiger partial charge is 0.497 e. The van der Waals surface area contributed by atoms with Gasteiger partial charge in [0, 0.05) is 12.8 Å². The fourth-order valence-corrected chi connectivity index (χ4v) is 2.59. The minimum Gasteiger partial charge on any atom is -0.497 e. The minimum atomic E-state index is 0.0354. The number of carbonyl (C=O) groups excluding carboxylic acids is 1. The predicted octanol–water partition coefficient (Wildman–Crippen LogP) is 2.57. The first-order chi connectivity index (χ1) is 9.22. The summed E-state index contributed by atoms with van der Waals surface area (Å²) in [7, 11) is 1.60. The molecule has 98 valence electrons. The van der Waals surface area contributed by atoms with Crippen molar-refractivity contribution >= 4 is 17.8 Å². The molecule has 3 rings (SSSR count). The summed E-state index contributed by atoms with van der Waals surface area (Å²) in [4.78, 5) is 18.9. The maximum Gasteiger partial charge on any atom is 0.257 e. The highest BCUT2D eigenvalue weighted by molar-refractivity contribution is 6.03. The first-order valence-corrected chi connectivity index (χ1v) is 6.40. The summed E-state index contributed by atoms with van der Waals surface area (Å²) < 4.78 is 5.19. The van der Waals surface area contributed by atoms with E-state index in [-0.39, 0.29) is 11.9 Å². The van der Waals surface area contributed by atoms with Gasteiger partial charge in [-0.05, 0) is 31.5 Å². The Morgan fingerprint density at radius 1 is 1.47 bits per heavy atom. The van der Waals surface area contributed by atoms with Gasteiger partial charge in [0.2, 0.25) is 0 Å². The van der Waals surface area contributed by atoms with E-state index < -0.39 is 0 Å². The number of hydrogen-bond acceptors (Lipinski definition) is 3. The lowest BCUT2D eigenvalue weighted by Crippen LogP contribution is -2.35. The second-order valence-electron chi connectivity index (χ2n) is 4.81. The zero-order valence-electron chi connectivity index (χ0n) is 11.1. The molecule has 0 aliphatic carbocycles. The van der Waals surface area contributed by atoms with Gasteiger partial charge in [0.25, 0.3) is 5.91 Å². The molecule has 2 aliphatic rings. The van der Waals surface area contributed by atoms with Crippen LogP contribution < -0.4 is 4.74 Å². The van der Waals surface area contributed by atoms with Gasteiger partial charge in [-0.1, -0.05) is 11.6 Å². The highest BCUT2D eigenvalue weighted by Gasteiger charge is 2.33. The Hall–Kier alpha value is -2.10. The Morgan fingerprint density at radius 2 is 2.32 bits per heavy atom. The smallest absolute Gasteiger partial charge is 0.257 e. The van der Waals surface area contributed by atoms with Crippen molar-refractivity contribution in [2.75, 3.05) is 13.7 Å². The number of carbonyl (C=O) groups is 1. The number of amides is 1. The van der Waals surface area contributed by atoms with Crippen LogP contribution in [0, 0.1) is 0 Å². The zero-order chi connectivity index (χ0) is 13.4. The van der Waals surface area contributed by atoms with E-state index in [2.05, 4.69) is 11.1 Å². The monoisotopic (exact) mass is 256 g/mol. The number of rotatable bonds is 1. The second kappa shape index (κ2) is 4.53. The van der Waals surface area contributed by atoms with E-state index >= 15 is 0 Å². The highest BCUT2D eigenvalue weighted by Crippen LogP contribution is 2.32. The van der Waals surface area contributed by atoms with Gasteiger partial charge in [-0.2, -0.15) is 0 Å². The molecule has 1 saturated heterocycles. The molecule has 2 heterocycles. The van der Waals surface area contributed by atoms with Gasteiger partial charge in [0.15, 0.2) is 0 Å². The quantitative estimate of drug-likeness (QED) is 0.725. The first-order valence-electron chi connectivity index (χ1n) is 6.40. The topological polar surface area (TPSA) is 41.9 Å². The highest BCUT2D eigenvalue weighted by atomic mass is 16.5. The summed E-state index contributed by atoms with van der Waals surface area (Å²) in [5.74, 6) is 0.722. The third-order valence-electron chi connectivity index (χ3n) is 3.73. The Kier molecular flexibility index (Phi) is 2.85. The molecular formula is C15H16N2O2. The molecule has 1 aromatic carbocycles. The fraction of sp³-hybridized carbons (Fsp3) is 0.333. The third-order valence-corrected chi connectivity index (χ3v) is 3.73. The maximum absolute atomic E-state index is 12.6. The van der Waals surface area contributed by atoms with Gasteiger partial charge in [-0.3, -0.25) is 9.79 Å². The van der Waals surface area contributed by atoms with Crippen LogP contribution in [0.15, 0.2) is 34.8 Å². The van der Waals surface area contributed by atoms with Gasteiger partial charge in [0.05, 0.1) is 24.4 Å². The van der Waals surface area contributed by atoms with Gasteiger partial charge in [-0.25, -0.2) is 0 Å². The average molecular weight is 256 g/mol. The molecule has 4 nitrogen and oxygen atoms in total. The molecule has 0 spiro atoms. The van der Waals surface area contributed by atoms with E-state index in [1.54, 1.807) is 13.2 Å². The molecular weight excluding hydrogens is 240 g/mol. The number of ether oxygens (including phenoxy) is 1. The van der Waals surface area contributed by atoms with E-state index in [0.717, 1.165) is 12.1 Å². The number of methoxy groups -OCH3 is 1. The van der Waals surface area contributed by atoms with Crippen LogP contribution in [0.2, 0.25) is 0 Å². The average Bonchev–Trinajstić information content (AvgIpc) is 2.82. The standard InChI is InChI=1S/C15H16N2O2/c1-3-10-6-11-8-16-14-5-4-12(19-2)7-13(14)15(18)17(11)9-10/h3-5,7-8,11H,6,9H2,1-2H3. The predicted molar refractivity (Wildman–Crippen MR) is 74.3 cm³/mol. The van der Waals surface area contributed by atoms with Crippen LogP contribution >= 0.6 is 0 Å². The molecule has 4 heteroatoms. The lowest BCUT2D eigenvalue weighted by atomic mass is 10.1. The van der Waals surface area contributed by atoms with Crippen LogP contribution in [-0.2, 0) is 0 Å². The van der Waals surface area contributed by atoms with Crippen molar-refractivity contribution in [3.63, 3.8) is 0 Å². The summed E-state index contributed by atoms with van der Waals surface area (Å²) in [6.07, 6.45) is 4.85. The maximum atomic E-state index is 12.6. The number of benzene rings is 1.